The minimum absolute atomic E-state index is 0.0839. The van der Waals surface area contributed by atoms with Crippen molar-refractivity contribution in [2.24, 2.45) is 0 Å². The van der Waals surface area contributed by atoms with Crippen molar-refractivity contribution < 1.29 is 9.53 Å². The van der Waals surface area contributed by atoms with E-state index in [0.29, 0.717) is 13.2 Å². The molecule has 0 aliphatic heterocycles. The molecule has 1 atom stereocenters. The fraction of sp³-hybridized carbons (Fsp3) is 0.375. The van der Waals surface area contributed by atoms with Crippen LogP contribution < -0.4 is 15.4 Å². The van der Waals surface area contributed by atoms with Crippen molar-refractivity contribution in [1.29, 1.82) is 0 Å². The monoisotopic (exact) mass is 319 g/mol. The predicted octanol–water partition coefficient (Wildman–Crippen LogP) is 3.03. The summed E-state index contributed by atoms with van der Waals surface area (Å²) in [4.78, 5) is 17.1. The summed E-state index contributed by atoms with van der Waals surface area (Å²) in [6.07, 6.45) is 1.80. The van der Waals surface area contributed by atoms with E-state index in [2.05, 4.69) is 15.6 Å². The molecule has 0 bridgehead atoms. The third-order valence-corrected chi connectivity index (χ3v) is 3.88. The van der Waals surface area contributed by atoms with Gasteiger partial charge in [-0.05, 0) is 32.9 Å². The molecule has 0 spiro atoms. The molecular formula is C16H21N3O2S. The van der Waals surface area contributed by atoms with E-state index in [9.17, 15) is 4.79 Å². The minimum Gasteiger partial charge on any atom is -0.491 e. The Morgan fingerprint density at radius 1 is 1.32 bits per heavy atom. The van der Waals surface area contributed by atoms with Crippen LogP contribution >= 0.6 is 11.3 Å². The molecule has 0 fully saturated rings. The highest BCUT2D eigenvalue weighted by molar-refractivity contribution is 7.11. The van der Waals surface area contributed by atoms with Gasteiger partial charge in [0.1, 0.15) is 17.4 Å². The number of ether oxygens (including phenoxy) is 1. The highest BCUT2D eigenvalue weighted by Gasteiger charge is 2.08. The van der Waals surface area contributed by atoms with Crippen molar-refractivity contribution in [1.82, 2.24) is 15.6 Å². The molecule has 22 heavy (non-hydrogen) atoms. The first-order valence-corrected chi connectivity index (χ1v) is 7.99. The lowest BCUT2D eigenvalue weighted by molar-refractivity contribution is 0.226. The summed E-state index contributed by atoms with van der Waals surface area (Å²) in [7, 11) is 0. The van der Waals surface area contributed by atoms with Crippen LogP contribution in [0.2, 0.25) is 0 Å². The van der Waals surface area contributed by atoms with Crippen molar-refractivity contribution in [3.8, 4) is 5.75 Å². The first kappa shape index (κ1) is 16.3. The number of nitrogens with one attached hydrogen (secondary N) is 2. The van der Waals surface area contributed by atoms with Gasteiger partial charge in [0.2, 0.25) is 0 Å². The van der Waals surface area contributed by atoms with Gasteiger partial charge >= 0.3 is 6.03 Å². The second-order valence-corrected chi connectivity index (χ2v) is 6.54. The summed E-state index contributed by atoms with van der Waals surface area (Å²) in [5.41, 5.74) is 1.19. The van der Waals surface area contributed by atoms with Crippen LogP contribution in [-0.4, -0.2) is 23.7 Å². The highest BCUT2D eigenvalue weighted by Crippen LogP contribution is 2.12. The number of thiazole rings is 1. The number of hydrogen-bond donors (Lipinski definition) is 2. The fourth-order valence-electron chi connectivity index (χ4n) is 1.81. The molecule has 2 amide bonds. The lowest BCUT2D eigenvalue weighted by atomic mass is 10.2. The number of aromatic nitrogens is 1. The zero-order chi connectivity index (χ0) is 15.9. The van der Waals surface area contributed by atoms with E-state index >= 15 is 0 Å². The number of nitrogens with zero attached hydrogens (tertiary/aromatic N) is 1. The topological polar surface area (TPSA) is 63.2 Å². The number of carbonyl (C=O) groups excluding carboxylic acids is 1. The summed E-state index contributed by atoms with van der Waals surface area (Å²) >= 11 is 1.58. The Bertz CT molecular complexity index is 610. The number of amides is 2. The van der Waals surface area contributed by atoms with Gasteiger partial charge in [-0.1, -0.05) is 17.7 Å². The largest absolute Gasteiger partial charge is 0.491 e. The Balaban J connectivity index is 1.68. The van der Waals surface area contributed by atoms with Crippen molar-refractivity contribution in [2.75, 3.05) is 6.61 Å². The zero-order valence-corrected chi connectivity index (χ0v) is 13.9. The van der Waals surface area contributed by atoms with E-state index in [4.69, 9.17) is 4.74 Å². The minimum atomic E-state index is -0.215. The van der Waals surface area contributed by atoms with Gasteiger partial charge in [-0.15, -0.1) is 11.3 Å². The maximum absolute atomic E-state index is 11.8. The average molecular weight is 319 g/mol. The van der Waals surface area contributed by atoms with Crippen LogP contribution in [0.4, 0.5) is 4.79 Å². The van der Waals surface area contributed by atoms with E-state index in [1.165, 1.54) is 5.56 Å². The molecule has 2 N–H and O–H groups in total. The van der Waals surface area contributed by atoms with Crippen molar-refractivity contribution >= 4 is 17.4 Å². The van der Waals surface area contributed by atoms with Crippen LogP contribution in [0, 0.1) is 13.8 Å². The van der Waals surface area contributed by atoms with E-state index in [1.54, 1.807) is 17.5 Å². The van der Waals surface area contributed by atoms with E-state index in [-0.39, 0.29) is 12.1 Å². The Morgan fingerprint density at radius 3 is 2.68 bits per heavy atom. The standard InChI is InChI=1S/C16H21N3O2S/c1-11-4-6-14(7-5-11)21-10-12(2)19-16(20)18-9-15-17-8-13(3)22-15/h4-8,12H,9-10H2,1-3H3,(H2,18,19,20)/t12-/m1/s1. The van der Waals surface area contributed by atoms with E-state index in [1.807, 2.05) is 45.0 Å². The molecule has 2 aromatic rings. The molecule has 0 aliphatic carbocycles. The molecule has 6 heteroatoms. The molecule has 118 valence electrons. The van der Waals surface area contributed by atoms with E-state index in [0.717, 1.165) is 15.6 Å². The van der Waals surface area contributed by atoms with Gasteiger partial charge in [0.25, 0.3) is 0 Å². The van der Waals surface area contributed by atoms with Crippen LogP contribution in [0.1, 0.15) is 22.4 Å². The average Bonchev–Trinajstić information content (AvgIpc) is 2.90. The summed E-state index contributed by atoms with van der Waals surface area (Å²) in [5, 5.41) is 6.53. The molecule has 0 radical (unpaired) electrons. The number of hydrogen-bond acceptors (Lipinski definition) is 4. The molecule has 1 heterocycles. The van der Waals surface area contributed by atoms with Crippen LogP contribution in [-0.2, 0) is 6.54 Å². The van der Waals surface area contributed by atoms with Gasteiger partial charge in [0.05, 0.1) is 12.6 Å². The molecular weight excluding hydrogens is 298 g/mol. The summed E-state index contributed by atoms with van der Waals surface area (Å²) in [6, 6.07) is 7.54. The van der Waals surface area contributed by atoms with E-state index < -0.39 is 0 Å². The van der Waals surface area contributed by atoms with Gasteiger partial charge in [-0.3, -0.25) is 0 Å². The molecule has 5 nitrogen and oxygen atoms in total. The smallest absolute Gasteiger partial charge is 0.315 e. The lowest BCUT2D eigenvalue weighted by Crippen LogP contribution is -2.42. The quantitative estimate of drug-likeness (QED) is 0.860. The predicted molar refractivity (Wildman–Crippen MR) is 88.4 cm³/mol. The molecule has 0 unspecified atom stereocenters. The van der Waals surface area contributed by atoms with Crippen molar-refractivity contribution in [3.05, 3.63) is 45.9 Å². The van der Waals surface area contributed by atoms with Crippen LogP contribution in [0.15, 0.2) is 30.5 Å². The fourth-order valence-corrected chi connectivity index (χ4v) is 2.54. The summed E-state index contributed by atoms with van der Waals surface area (Å²) in [6.45, 7) is 6.79. The van der Waals surface area contributed by atoms with Gasteiger partial charge in [0.15, 0.2) is 0 Å². The number of carbonyl (C=O) groups is 1. The second-order valence-electron chi connectivity index (χ2n) is 5.22. The van der Waals surface area contributed by atoms with Gasteiger partial charge < -0.3 is 15.4 Å². The molecule has 0 aliphatic rings. The Morgan fingerprint density at radius 2 is 2.05 bits per heavy atom. The number of rotatable bonds is 6. The molecule has 1 aromatic carbocycles. The van der Waals surface area contributed by atoms with Crippen molar-refractivity contribution in [3.63, 3.8) is 0 Å². The molecule has 0 saturated carbocycles. The second kappa shape index (κ2) is 7.79. The van der Waals surface area contributed by atoms with Crippen LogP contribution in [0.3, 0.4) is 0 Å². The van der Waals surface area contributed by atoms with Gasteiger partial charge in [-0.25, -0.2) is 9.78 Å². The summed E-state index contributed by atoms with van der Waals surface area (Å²) < 4.78 is 5.64. The zero-order valence-electron chi connectivity index (χ0n) is 13.1. The Hall–Kier alpha value is -2.08. The number of urea groups is 1. The maximum atomic E-state index is 11.8. The molecule has 1 aromatic heterocycles. The Labute approximate surface area is 134 Å². The van der Waals surface area contributed by atoms with Crippen LogP contribution in [0.5, 0.6) is 5.75 Å². The number of benzene rings is 1. The lowest BCUT2D eigenvalue weighted by Gasteiger charge is -2.15. The number of aryl methyl sites for hydroxylation is 2. The normalized spacial score (nSPS) is 11.8. The molecule has 0 saturated heterocycles. The Kier molecular flexibility index (Phi) is 5.77. The van der Waals surface area contributed by atoms with Crippen LogP contribution in [0.25, 0.3) is 0 Å². The van der Waals surface area contributed by atoms with Crippen molar-refractivity contribution in [2.45, 2.75) is 33.4 Å². The van der Waals surface area contributed by atoms with Gasteiger partial charge in [-0.2, -0.15) is 0 Å². The first-order chi connectivity index (χ1) is 10.5. The summed E-state index contributed by atoms with van der Waals surface area (Å²) in [5.74, 6) is 0.804. The molecule has 2 rings (SSSR count). The third-order valence-electron chi connectivity index (χ3n) is 2.97. The third kappa shape index (κ3) is 5.37. The SMILES string of the molecule is Cc1ccc(OC[C@@H](C)NC(=O)NCc2ncc(C)s2)cc1. The maximum Gasteiger partial charge on any atom is 0.315 e. The highest BCUT2D eigenvalue weighted by atomic mass is 32.1. The van der Waals surface area contributed by atoms with Gasteiger partial charge in [0, 0.05) is 11.1 Å². The first-order valence-electron chi connectivity index (χ1n) is 7.18.